The van der Waals surface area contributed by atoms with E-state index in [1.54, 1.807) is 11.8 Å². The zero-order chi connectivity index (χ0) is 15.1. The number of piperazine rings is 1. The highest BCUT2D eigenvalue weighted by molar-refractivity contribution is 9.10. The van der Waals surface area contributed by atoms with Crippen LogP contribution in [0.1, 0.15) is 31.1 Å². The number of halogens is 1. The first-order valence-corrected chi connectivity index (χ1v) is 7.38. The zero-order valence-corrected chi connectivity index (χ0v) is 13.8. The van der Waals surface area contributed by atoms with Gasteiger partial charge in [0.15, 0.2) is 5.78 Å². The molecule has 1 amide bonds. The number of amides is 1. The van der Waals surface area contributed by atoms with E-state index in [0.29, 0.717) is 12.1 Å². The van der Waals surface area contributed by atoms with E-state index in [0.717, 1.165) is 16.7 Å². The van der Waals surface area contributed by atoms with Crippen LogP contribution in [-0.2, 0) is 4.79 Å². The Morgan fingerprint density at radius 2 is 1.95 bits per heavy atom. The molecule has 0 atom stereocenters. The average Bonchev–Trinajstić information content (AvgIpc) is 2.37. The summed E-state index contributed by atoms with van der Waals surface area (Å²) < 4.78 is 0.865. The molecule has 0 saturated carbocycles. The molecule has 0 aromatic heterocycles. The fourth-order valence-corrected chi connectivity index (χ4v) is 3.02. The van der Waals surface area contributed by atoms with Crippen molar-refractivity contribution in [2.45, 2.75) is 26.3 Å². The maximum Gasteiger partial charge on any atom is 0.247 e. The first-order chi connectivity index (χ1) is 9.25. The van der Waals surface area contributed by atoms with Crippen LogP contribution in [0.5, 0.6) is 0 Å². The van der Waals surface area contributed by atoms with Crippen LogP contribution in [-0.4, -0.2) is 42.3 Å². The van der Waals surface area contributed by atoms with Gasteiger partial charge in [-0.3, -0.25) is 9.59 Å². The molecule has 20 heavy (non-hydrogen) atoms. The van der Waals surface area contributed by atoms with E-state index in [-0.39, 0.29) is 11.7 Å². The molecule has 0 N–H and O–H groups in total. The third-order valence-corrected chi connectivity index (χ3v) is 4.33. The van der Waals surface area contributed by atoms with E-state index in [2.05, 4.69) is 15.9 Å². The summed E-state index contributed by atoms with van der Waals surface area (Å²) in [6, 6.07) is 5.62. The number of hydrogen-bond acceptors (Lipinski definition) is 3. The molecule has 1 aliphatic heterocycles. The van der Waals surface area contributed by atoms with Crippen molar-refractivity contribution in [2.24, 2.45) is 0 Å². The SMILES string of the molecule is CC(=O)c1cc(Br)ccc1N1CCN(C)C(=O)C1(C)C. The smallest absolute Gasteiger partial charge is 0.247 e. The quantitative estimate of drug-likeness (QED) is 0.778. The second-order valence-electron chi connectivity index (χ2n) is 5.66. The van der Waals surface area contributed by atoms with E-state index in [1.807, 2.05) is 44.0 Å². The molecule has 1 aromatic carbocycles. The van der Waals surface area contributed by atoms with E-state index >= 15 is 0 Å². The molecule has 0 spiro atoms. The second-order valence-corrected chi connectivity index (χ2v) is 6.57. The van der Waals surface area contributed by atoms with Gasteiger partial charge in [0.1, 0.15) is 5.54 Å². The average molecular weight is 339 g/mol. The van der Waals surface area contributed by atoms with Gasteiger partial charge in [-0.05, 0) is 39.0 Å². The second kappa shape index (κ2) is 5.20. The highest BCUT2D eigenvalue weighted by Gasteiger charge is 2.41. The highest BCUT2D eigenvalue weighted by atomic mass is 79.9. The number of ketones is 1. The maximum absolute atomic E-state index is 12.4. The minimum Gasteiger partial charge on any atom is -0.355 e. The molecular weight excluding hydrogens is 320 g/mol. The van der Waals surface area contributed by atoms with Gasteiger partial charge < -0.3 is 9.80 Å². The van der Waals surface area contributed by atoms with Crippen molar-refractivity contribution in [2.75, 3.05) is 25.0 Å². The zero-order valence-electron chi connectivity index (χ0n) is 12.2. The number of nitrogens with zero attached hydrogens (tertiary/aromatic N) is 2. The lowest BCUT2D eigenvalue weighted by atomic mass is 9.95. The molecule has 1 saturated heterocycles. The van der Waals surface area contributed by atoms with E-state index < -0.39 is 5.54 Å². The van der Waals surface area contributed by atoms with E-state index in [1.165, 1.54) is 0 Å². The standard InChI is InChI=1S/C15H19BrN2O2/c1-10(19)12-9-11(16)5-6-13(12)18-8-7-17(4)14(20)15(18,2)3/h5-6,9H,7-8H2,1-4H3. The fourth-order valence-electron chi connectivity index (χ4n) is 2.66. The number of carbonyl (C=O) groups excluding carboxylic acids is 2. The molecule has 5 heteroatoms. The minimum atomic E-state index is -0.648. The molecule has 2 rings (SSSR count). The van der Waals surface area contributed by atoms with Crippen LogP contribution in [0.25, 0.3) is 0 Å². The number of likely N-dealkylation sites (N-methyl/N-ethyl adjacent to an activating group) is 1. The Balaban J connectivity index is 2.51. The van der Waals surface area contributed by atoms with Gasteiger partial charge in [-0.2, -0.15) is 0 Å². The van der Waals surface area contributed by atoms with Gasteiger partial charge in [0.2, 0.25) is 5.91 Å². The Kier molecular flexibility index (Phi) is 3.91. The first kappa shape index (κ1) is 15.0. The lowest BCUT2D eigenvalue weighted by Crippen LogP contribution is -2.62. The predicted molar refractivity (Wildman–Crippen MR) is 83.2 cm³/mol. The van der Waals surface area contributed by atoms with Crippen LogP contribution < -0.4 is 4.90 Å². The summed E-state index contributed by atoms with van der Waals surface area (Å²) in [6.45, 7) is 6.73. The molecular formula is C15H19BrN2O2. The first-order valence-electron chi connectivity index (χ1n) is 6.59. The largest absolute Gasteiger partial charge is 0.355 e. The summed E-state index contributed by atoms with van der Waals surface area (Å²) in [7, 11) is 1.81. The number of hydrogen-bond donors (Lipinski definition) is 0. The topological polar surface area (TPSA) is 40.6 Å². The monoisotopic (exact) mass is 338 g/mol. The van der Waals surface area contributed by atoms with Gasteiger partial charge >= 0.3 is 0 Å². The Labute approximate surface area is 127 Å². The van der Waals surface area contributed by atoms with E-state index in [9.17, 15) is 9.59 Å². The van der Waals surface area contributed by atoms with Crippen LogP contribution in [0.4, 0.5) is 5.69 Å². The summed E-state index contributed by atoms with van der Waals surface area (Å²) in [4.78, 5) is 28.0. The Hall–Kier alpha value is -1.36. The number of benzene rings is 1. The fraction of sp³-hybridized carbons (Fsp3) is 0.467. The van der Waals surface area contributed by atoms with Crippen LogP contribution in [0.2, 0.25) is 0 Å². The summed E-state index contributed by atoms with van der Waals surface area (Å²) in [5.41, 5.74) is 0.822. The third kappa shape index (κ3) is 2.46. The minimum absolute atomic E-state index is 0.00322. The van der Waals surface area contributed by atoms with Crippen molar-refractivity contribution in [3.05, 3.63) is 28.2 Å². The third-order valence-electron chi connectivity index (χ3n) is 3.83. The maximum atomic E-state index is 12.4. The van der Waals surface area contributed by atoms with Gasteiger partial charge in [-0.15, -0.1) is 0 Å². The molecule has 1 aromatic rings. The summed E-state index contributed by atoms with van der Waals surface area (Å²) in [5.74, 6) is 0.0737. The number of rotatable bonds is 2. The summed E-state index contributed by atoms with van der Waals surface area (Å²) in [6.07, 6.45) is 0. The molecule has 0 aliphatic carbocycles. The molecule has 1 aliphatic rings. The van der Waals surface area contributed by atoms with Crippen LogP contribution in [0, 0.1) is 0 Å². The normalized spacial score (nSPS) is 18.4. The Bertz CT molecular complexity index is 569. The summed E-state index contributed by atoms with van der Waals surface area (Å²) >= 11 is 3.39. The van der Waals surface area contributed by atoms with Crippen molar-refractivity contribution < 1.29 is 9.59 Å². The lowest BCUT2D eigenvalue weighted by Gasteiger charge is -2.46. The number of carbonyl (C=O) groups is 2. The van der Waals surface area contributed by atoms with Crippen LogP contribution in [0.3, 0.4) is 0 Å². The van der Waals surface area contributed by atoms with Gasteiger partial charge in [0.05, 0.1) is 0 Å². The molecule has 1 heterocycles. The van der Waals surface area contributed by atoms with E-state index in [4.69, 9.17) is 0 Å². The van der Waals surface area contributed by atoms with Crippen molar-refractivity contribution in [1.82, 2.24) is 4.90 Å². The molecule has 0 radical (unpaired) electrons. The molecule has 4 nitrogen and oxygen atoms in total. The Morgan fingerprint density at radius 3 is 2.55 bits per heavy atom. The van der Waals surface area contributed by atoms with Crippen molar-refractivity contribution >= 4 is 33.3 Å². The highest BCUT2D eigenvalue weighted by Crippen LogP contribution is 2.33. The molecule has 1 fully saturated rings. The molecule has 0 bridgehead atoms. The van der Waals surface area contributed by atoms with Gasteiger partial charge in [0.25, 0.3) is 0 Å². The van der Waals surface area contributed by atoms with Crippen LogP contribution in [0.15, 0.2) is 22.7 Å². The molecule has 0 unspecified atom stereocenters. The van der Waals surface area contributed by atoms with Gasteiger partial charge in [0, 0.05) is 35.9 Å². The van der Waals surface area contributed by atoms with Crippen molar-refractivity contribution in [1.29, 1.82) is 0 Å². The molecule has 108 valence electrons. The van der Waals surface area contributed by atoms with Crippen molar-refractivity contribution in [3.63, 3.8) is 0 Å². The lowest BCUT2D eigenvalue weighted by molar-refractivity contribution is -0.136. The predicted octanol–water partition coefficient (Wildman–Crippen LogP) is 2.71. The van der Waals surface area contributed by atoms with Gasteiger partial charge in [-0.25, -0.2) is 0 Å². The van der Waals surface area contributed by atoms with Crippen LogP contribution >= 0.6 is 15.9 Å². The van der Waals surface area contributed by atoms with Crippen molar-refractivity contribution in [3.8, 4) is 0 Å². The van der Waals surface area contributed by atoms with Gasteiger partial charge in [-0.1, -0.05) is 15.9 Å². The number of Topliss-reactive ketones (excluding diaryl/α,β-unsaturated/α-hetero) is 1. The summed E-state index contributed by atoms with van der Waals surface area (Å²) in [5, 5.41) is 0. The number of anilines is 1. The Morgan fingerprint density at radius 1 is 1.30 bits per heavy atom.